The van der Waals surface area contributed by atoms with Gasteiger partial charge in [0.15, 0.2) is 5.11 Å². The van der Waals surface area contributed by atoms with Gasteiger partial charge in [-0.2, -0.15) is 5.10 Å². The molecule has 2 rings (SSSR count). The third-order valence-electron chi connectivity index (χ3n) is 3.20. The van der Waals surface area contributed by atoms with Crippen molar-refractivity contribution in [2.24, 2.45) is 7.05 Å². The second-order valence-corrected chi connectivity index (χ2v) is 5.14. The normalized spacial score (nSPS) is 10.3. The number of rotatable bonds is 4. The number of thiocarbonyl (C=S) groups is 1. The molecule has 0 atom stereocenters. The summed E-state index contributed by atoms with van der Waals surface area (Å²) in [5.41, 5.74) is 4.50. The van der Waals surface area contributed by atoms with Crippen molar-refractivity contribution in [3.05, 3.63) is 47.3 Å². The Bertz CT molecular complexity index is 604. The monoisotopic (exact) mass is 288 g/mol. The van der Waals surface area contributed by atoms with E-state index in [1.54, 1.807) is 0 Å². The predicted octanol–water partition coefficient (Wildman–Crippen LogP) is 2.78. The molecule has 5 heteroatoms. The first-order valence-electron chi connectivity index (χ1n) is 6.72. The van der Waals surface area contributed by atoms with Crippen molar-refractivity contribution >= 4 is 23.0 Å². The molecular formula is C15H20N4S. The van der Waals surface area contributed by atoms with E-state index in [9.17, 15) is 0 Å². The van der Waals surface area contributed by atoms with Crippen molar-refractivity contribution in [1.29, 1.82) is 0 Å². The molecule has 0 aliphatic heterocycles. The highest BCUT2D eigenvalue weighted by atomic mass is 32.1. The van der Waals surface area contributed by atoms with E-state index in [0.29, 0.717) is 11.7 Å². The summed E-state index contributed by atoms with van der Waals surface area (Å²) in [6.07, 6.45) is 2.98. The van der Waals surface area contributed by atoms with E-state index < -0.39 is 0 Å². The quantitative estimate of drug-likeness (QED) is 0.849. The summed E-state index contributed by atoms with van der Waals surface area (Å²) in [4.78, 5) is 0. The number of nitrogens with one attached hydrogen (secondary N) is 2. The number of hydrogen-bond donors (Lipinski definition) is 2. The maximum Gasteiger partial charge on any atom is 0.171 e. The van der Waals surface area contributed by atoms with E-state index >= 15 is 0 Å². The molecule has 0 unspecified atom stereocenters. The summed E-state index contributed by atoms with van der Waals surface area (Å²) < 4.78 is 1.81. The average Bonchev–Trinajstić information content (AvgIpc) is 2.75. The van der Waals surface area contributed by atoms with E-state index in [2.05, 4.69) is 28.7 Å². The minimum Gasteiger partial charge on any atom is -0.358 e. The summed E-state index contributed by atoms with van der Waals surface area (Å²) >= 11 is 5.34. The van der Waals surface area contributed by atoms with Gasteiger partial charge in [0.05, 0.1) is 5.69 Å². The van der Waals surface area contributed by atoms with E-state index in [1.807, 2.05) is 43.0 Å². The molecule has 0 spiro atoms. The van der Waals surface area contributed by atoms with Gasteiger partial charge < -0.3 is 10.6 Å². The van der Waals surface area contributed by atoms with Crippen LogP contribution in [0.1, 0.15) is 23.7 Å². The van der Waals surface area contributed by atoms with Crippen LogP contribution in [0.3, 0.4) is 0 Å². The molecule has 0 saturated heterocycles. The lowest BCUT2D eigenvalue weighted by atomic mass is 10.1. The van der Waals surface area contributed by atoms with Crippen LogP contribution in [0.15, 0.2) is 30.5 Å². The number of nitrogens with zero attached hydrogens (tertiary/aromatic N) is 2. The largest absolute Gasteiger partial charge is 0.358 e. The van der Waals surface area contributed by atoms with Gasteiger partial charge >= 0.3 is 0 Å². The molecule has 2 N–H and O–H groups in total. The van der Waals surface area contributed by atoms with Crippen LogP contribution in [0.5, 0.6) is 0 Å². The lowest BCUT2D eigenvalue weighted by molar-refractivity contribution is 0.756. The topological polar surface area (TPSA) is 41.9 Å². The predicted molar refractivity (Wildman–Crippen MR) is 86.8 cm³/mol. The summed E-state index contributed by atoms with van der Waals surface area (Å²) in [5.74, 6) is 0. The number of para-hydroxylation sites is 1. The van der Waals surface area contributed by atoms with Gasteiger partial charge in [-0.15, -0.1) is 0 Å². The van der Waals surface area contributed by atoms with Crippen molar-refractivity contribution in [2.75, 3.05) is 5.32 Å². The maximum absolute atomic E-state index is 5.34. The Morgan fingerprint density at radius 1 is 1.30 bits per heavy atom. The second kappa shape index (κ2) is 6.52. The van der Waals surface area contributed by atoms with Gasteiger partial charge in [0.25, 0.3) is 0 Å². The molecule has 2 aromatic rings. The first-order valence-corrected chi connectivity index (χ1v) is 7.13. The molecule has 0 aliphatic carbocycles. The van der Waals surface area contributed by atoms with Crippen molar-refractivity contribution < 1.29 is 0 Å². The summed E-state index contributed by atoms with van der Waals surface area (Å²) in [7, 11) is 1.92. The molecule has 20 heavy (non-hydrogen) atoms. The Kier molecular flexibility index (Phi) is 4.74. The zero-order valence-electron chi connectivity index (χ0n) is 12.1. The lowest BCUT2D eigenvalue weighted by Gasteiger charge is -2.13. The number of anilines is 1. The van der Waals surface area contributed by atoms with Crippen LogP contribution >= 0.6 is 12.2 Å². The minimum absolute atomic E-state index is 0.633. The van der Waals surface area contributed by atoms with Crippen LogP contribution in [0.4, 0.5) is 5.69 Å². The van der Waals surface area contributed by atoms with E-state index in [0.717, 1.165) is 23.4 Å². The van der Waals surface area contributed by atoms with Crippen molar-refractivity contribution in [2.45, 2.75) is 26.8 Å². The lowest BCUT2D eigenvalue weighted by Crippen LogP contribution is -2.28. The Labute approximate surface area is 125 Å². The number of aryl methyl sites for hydroxylation is 3. The van der Waals surface area contributed by atoms with E-state index in [4.69, 9.17) is 12.2 Å². The zero-order chi connectivity index (χ0) is 14.5. The summed E-state index contributed by atoms with van der Waals surface area (Å²) in [6, 6.07) is 8.20. The first-order chi connectivity index (χ1) is 9.60. The van der Waals surface area contributed by atoms with Crippen LogP contribution < -0.4 is 10.6 Å². The number of aromatic nitrogens is 2. The number of hydrogen-bond acceptors (Lipinski definition) is 2. The molecule has 106 valence electrons. The Morgan fingerprint density at radius 2 is 2.05 bits per heavy atom. The van der Waals surface area contributed by atoms with Crippen molar-refractivity contribution in [1.82, 2.24) is 15.1 Å². The van der Waals surface area contributed by atoms with E-state index in [-0.39, 0.29) is 0 Å². The Morgan fingerprint density at radius 3 is 2.70 bits per heavy atom. The van der Waals surface area contributed by atoms with Gasteiger partial charge in [0.1, 0.15) is 0 Å². The van der Waals surface area contributed by atoms with Gasteiger partial charge in [0, 0.05) is 31.0 Å². The van der Waals surface area contributed by atoms with Crippen LogP contribution in [-0.2, 0) is 20.0 Å². The fourth-order valence-electron chi connectivity index (χ4n) is 2.11. The maximum atomic E-state index is 5.34. The van der Waals surface area contributed by atoms with Crippen molar-refractivity contribution in [3.63, 3.8) is 0 Å². The zero-order valence-corrected chi connectivity index (χ0v) is 12.9. The van der Waals surface area contributed by atoms with Crippen LogP contribution in [0.2, 0.25) is 0 Å². The highest BCUT2D eigenvalue weighted by molar-refractivity contribution is 7.80. The molecule has 0 aliphatic rings. The van der Waals surface area contributed by atoms with Crippen LogP contribution in [0.25, 0.3) is 0 Å². The van der Waals surface area contributed by atoms with Gasteiger partial charge in [-0.05, 0) is 37.2 Å². The third-order valence-corrected chi connectivity index (χ3v) is 3.45. The SMILES string of the molecule is CCc1ccccc1NC(=S)NCc1cn(C)nc1C. The molecule has 0 amide bonds. The summed E-state index contributed by atoms with van der Waals surface area (Å²) in [5, 5.41) is 11.4. The molecule has 1 heterocycles. The highest BCUT2D eigenvalue weighted by Gasteiger charge is 2.05. The molecule has 1 aromatic heterocycles. The second-order valence-electron chi connectivity index (χ2n) is 4.73. The first kappa shape index (κ1) is 14.5. The van der Waals surface area contributed by atoms with Gasteiger partial charge in [0.2, 0.25) is 0 Å². The molecular weight excluding hydrogens is 268 g/mol. The third kappa shape index (κ3) is 3.57. The van der Waals surface area contributed by atoms with Crippen LogP contribution in [0, 0.1) is 6.92 Å². The summed E-state index contributed by atoms with van der Waals surface area (Å²) in [6.45, 7) is 4.82. The Balaban J connectivity index is 1.94. The molecule has 0 fully saturated rings. The Hall–Kier alpha value is -1.88. The molecule has 0 saturated carbocycles. The van der Waals surface area contributed by atoms with Crippen molar-refractivity contribution in [3.8, 4) is 0 Å². The van der Waals surface area contributed by atoms with Crippen LogP contribution in [-0.4, -0.2) is 14.9 Å². The molecule has 4 nitrogen and oxygen atoms in total. The standard InChI is InChI=1S/C15H20N4S/c1-4-12-7-5-6-8-14(12)17-15(20)16-9-13-10-19(3)18-11(13)2/h5-8,10H,4,9H2,1-3H3,(H2,16,17,20). The van der Waals surface area contributed by atoms with Gasteiger partial charge in [-0.3, -0.25) is 4.68 Å². The van der Waals surface area contributed by atoms with Gasteiger partial charge in [-0.1, -0.05) is 25.1 Å². The minimum atomic E-state index is 0.633. The molecule has 0 radical (unpaired) electrons. The number of benzene rings is 1. The average molecular weight is 288 g/mol. The van der Waals surface area contributed by atoms with E-state index in [1.165, 1.54) is 5.56 Å². The highest BCUT2D eigenvalue weighted by Crippen LogP contribution is 2.15. The smallest absolute Gasteiger partial charge is 0.171 e. The molecule has 1 aromatic carbocycles. The molecule has 0 bridgehead atoms. The van der Waals surface area contributed by atoms with Gasteiger partial charge in [-0.25, -0.2) is 0 Å². The fraction of sp³-hybridized carbons (Fsp3) is 0.333. The fourth-order valence-corrected chi connectivity index (χ4v) is 2.30.